The average Bonchev–Trinajstić information content (AvgIpc) is 2.54. The molecule has 1 unspecified atom stereocenters. The van der Waals surface area contributed by atoms with Gasteiger partial charge in [-0.3, -0.25) is 4.79 Å². The number of hydrogen-bond acceptors (Lipinski definition) is 4. The molecule has 0 spiro atoms. The van der Waals surface area contributed by atoms with Crippen LogP contribution in [-0.2, 0) is 14.8 Å². The Balaban J connectivity index is 2.00. The minimum Gasteiger partial charge on any atom is -0.388 e. The number of aryl methyl sites for hydroxylation is 1. The van der Waals surface area contributed by atoms with E-state index in [-0.39, 0.29) is 23.8 Å². The van der Waals surface area contributed by atoms with Crippen molar-refractivity contribution >= 4 is 21.6 Å². The molecule has 134 valence electrons. The summed E-state index contributed by atoms with van der Waals surface area (Å²) in [6.07, 6.45) is -0.459. The molecule has 1 atom stereocenters. The van der Waals surface area contributed by atoms with Crippen molar-refractivity contribution in [2.75, 3.05) is 11.9 Å². The topological polar surface area (TPSA) is 95.5 Å². The zero-order valence-electron chi connectivity index (χ0n) is 14.2. The maximum Gasteiger partial charge on any atom is 0.240 e. The SMILES string of the molecule is CC(=O)Nc1ccc(S(=O)(=O)NCCC(O)c2ccccc2)c(C)c1. The number of amides is 1. The molecule has 7 heteroatoms. The van der Waals surface area contributed by atoms with Gasteiger partial charge in [0.2, 0.25) is 15.9 Å². The smallest absolute Gasteiger partial charge is 0.240 e. The Labute approximate surface area is 147 Å². The number of aliphatic hydroxyl groups is 1. The van der Waals surface area contributed by atoms with Crippen LogP contribution >= 0.6 is 0 Å². The number of hydrogen-bond donors (Lipinski definition) is 3. The van der Waals surface area contributed by atoms with Gasteiger partial charge in [-0.05, 0) is 42.7 Å². The summed E-state index contributed by atoms with van der Waals surface area (Å²) in [5.41, 5.74) is 1.82. The molecule has 1 amide bonds. The quantitative estimate of drug-likeness (QED) is 0.704. The highest BCUT2D eigenvalue weighted by molar-refractivity contribution is 7.89. The van der Waals surface area contributed by atoms with Crippen LogP contribution in [0.15, 0.2) is 53.4 Å². The van der Waals surface area contributed by atoms with E-state index < -0.39 is 16.1 Å². The molecule has 2 aromatic carbocycles. The molecule has 0 fully saturated rings. The molecule has 6 nitrogen and oxygen atoms in total. The molecule has 0 aromatic heterocycles. The standard InChI is InChI=1S/C18H22N2O4S/c1-13-12-16(20-14(2)21)8-9-18(13)25(23,24)19-11-10-17(22)15-6-4-3-5-7-15/h3-9,12,17,19,22H,10-11H2,1-2H3,(H,20,21). The van der Waals surface area contributed by atoms with Gasteiger partial charge in [0.05, 0.1) is 11.0 Å². The molecular formula is C18H22N2O4S. The molecule has 3 N–H and O–H groups in total. The second kappa shape index (κ2) is 8.24. The summed E-state index contributed by atoms with van der Waals surface area (Å²) in [7, 11) is -3.69. The van der Waals surface area contributed by atoms with E-state index in [0.717, 1.165) is 5.56 Å². The fourth-order valence-corrected chi connectivity index (χ4v) is 3.75. The molecule has 0 aliphatic rings. The van der Waals surface area contributed by atoms with Gasteiger partial charge in [0.25, 0.3) is 0 Å². The first-order valence-electron chi connectivity index (χ1n) is 7.90. The Morgan fingerprint density at radius 3 is 2.44 bits per heavy atom. The Bertz CT molecular complexity index is 835. The molecule has 2 aromatic rings. The lowest BCUT2D eigenvalue weighted by Crippen LogP contribution is -2.26. The van der Waals surface area contributed by atoms with E-state index in [1.807, 2.05) is 18.2 Å². The van der Waals surface area contributed by atoms with Crippen molar-refractivity contribution in [3.63, 3.8) is 0 Å². The lowest BCUT2D eigenvalue weighted by atomic mass is 10.1. The monoisotopic (exact) mass is 362 g/mol. The zero-order valence-corrected chi connectivity index (χ0v) is 15.0. The number of carbonyl (C=O) groups is 1. The number of aliphatic hydroxyl groups excluding tert-OH is 1. The highest BCUT2D eigenvalue weighted by Gasteiger charge is 2.17. The van der Waals surface area contributed by atoms with Crippen molar-refractivity contribution in [3.8, 4) is 0 Å². The van der Waals surface area contributed by atoms with Crippen LogP contribution < -0.4 is 10.0 Å². The molecule has 0 bridgehead atoms. The first-order chi connectivity index (χ1) is 11.8. The average molecular weight is 362 g/mol. The van der Waals surface area contributed by atoms with Crippen LogP contribution in [0.3, 0.4) is 0 Å². The largest absolute Gasteiger partial charge is 0.388 e. The molecule has 0 saturated carbocycles. The summed E-state index contributed by atoms with van der Waals surface area (Å²) in [4.78, 5) is 11.2. The molecule has 0 heterocycles. The number of anilines is 1. The summed E-state index contributed by atoms with van der Waals surface area (Å²) in [6.45, 7) is 3.17. The van der Waals surface area contributed by atoms with E-state index in [2.05, 4.69) is 10.0 Å². The third kappa shape index (κ3) is 5.38. The maximum absolute atomic E-state index is 12.4. The summed E-state index contributed by atoms with van der Waals surface area (Å²) in [6, 6.07) is 13.7. The number of rotatable bonds is 7. The second-order valence-electron chi connectivity index (χ2n) is 5.77. The fourth-order valence-electron chi connectivity index (χ4n) is 2.48. The van der Waals surface area contributed by atoms with Crippen molar-refractivity contribution in [1.29, 1.82) is 0 Å². The molecular weight excluding hydrogens is 340 g/mol. The van der Waals surface area contributed by atoms with Crippen LogP contribution in [0.1, 0.15) is 30.6 Å². The molecule has 0 radical (unpaired) electrons. The summed E-state index contributed by atoms with van der Waals surface area (Å²) in [5.74, 6) is -0.219. The Kier molecular flexibility index (Phi) is 6.30. The predicted molar refractivity (Wildman–Crippen MR) is 96.7 cm³/mol. The lowest BCUT2D eigenvalue weighted by Gasteiger charge is -2.13. The second-order valence-corrected chi connectivity index (χ2v) is 7.51. The number of benzene rings is 2. The van der Waals surface area contributed by atoms with Gasteiger partial charge in [-0.1, -0.05) is 30.3 Å². The van der Waals surface area contributed by atoms with Crippen LogP contribution in [0.4, 0.5) is 5.69 Å². The minimum atomic E-state index is -3.69. The molecule has 0 saturated heterocycles. The summed E-state index contributed by atoms with van der Waals surface area (Å²) >= 11 is 0. The first-order valence-corrected chi connectivity index (χ1v) is 9.39. The highest BCUT2D eigenvalue weighted by Crippen LogP contribution is 2.20. The van der Waals surface area contributed by atoms with Crippen LogP contribution in [-0.4, -0.2) is 26.0 Å². The number of sulfonamides is 1. The van der Waals surface area contributed by atoms with Crippen molar-refractivity contribution in [3.05, 3.63) is 59.7 Å². The van der Waals surface area contributed by atoms with Gasteiger partial charge in [-0.15, -0.1) is 0 Å². The number of nitrogens with one attached hydrogen (secondary N) is 2. The van der Waals surface area contributed by atoms with Gasteiger partial charge >= 0.3 is 0 Å². The summed E-state index contributed by atoms with van der Waals surface area (Å²) in [5, 5.41) is 12.7. The third-order valence-corrected chi connectivity index (χ3v) is 5.30. The molecule has 0 aliphatic heterocycles. The van der Waals surface area contributed by atoms with Crippen LogP contribution in [0, 0.1) is 6.92 Å². The third-order valence-electron chi connectivity index (χ3n) is 3.68. The van der Waals surface area contributed by atoms with Crippen molar-refractivity contribution in [2.24, 2.45) is 0 Å². The highest BCUT2D eigenvalue weighted by atomic mass is 32.2. The van der Waals surface area contributed by atoms with E-state index in [4.69, 9.17) is 0 Å². The fraction of sp³-hybridized carbons (Fsp3) is 0.278. The molecule has 0 aliphatic carbocycles. The summed E-state index contributed by atoms with van der Waals surface area (Å²) < 4.78 is 27.4. The molecule has 2 rings (SSSR count). The van der Waals surface area contributed by atoms with Gasteiger partial charge in [-0.2, -0.15) is 0 Å². The molecule has 25 heavy (non-hydrogen) atoms. The Hall–Kier alpha value is -2.22. The van der Waals surface area contributed by atoms with Crippen molar-refractivity contribution in [2.45, 2.75) is 31.3 Å². The van der Waals surface area contributed by atoms with Crippen molar-refractivity contribution < 1.29 is 18.3 Å². The van der Waals surface area contributed by atoms with Gasteiger partial charge < -0.3 is 10.4 Å². The van der Waals surface area contributed by atoms with Gasteiger partial charge in [0, 0.05) is 19.2 Å². The van der Waals surface area contributed by atoms with Crippen LogP contribution in [0.25, 0.3) is 0 Å². The van der Waals surface area contributed by atoms with Crippen LogP contribution in [0.2, 0.25) is 0 Å². The van der Waals surface area contributed by atoms with Gasteiger partial charge in [0.15, 0.2) is 0 Å². The zero-order chi connectivity index (χ0) is 18.4. The van der Waals surface area contributed by atoms with E-state index in [0.29, 0.717) is 11.3 Å². The van der Waals surface area contributed by atoms with E-state index in [1.165, 1.54) is 13.0 Å². The van der Waals surface area contributed by atoms with Gasteiger partial charge in [-0.25, -0.2) is 13.1 Å². The van der Waals surface area contributed by atoms with Crippen molar-refractivity contribution in [1.82, 2.24) is 4.72 Å². The Morgan fingerprint density at radius 2 is 1.84 bits per heavy atom. The van der Waals surface area contributed by atoms with E-state index in [9.17, 15) is 18.3 Å². The normalized spacial score (nSPS) is 12.6. The number of carbonyl (C=O) groups excluding carboxylic acids is 1. The van der Waals surface area contributed by atoms with Gasteiger partial charge in [0.1, 0.15) is 0 Å². The lowest BCUT2D eigenvalue weighted by molar-refractivity contribution is -0.114. The Morgan fingerprint density at radius 1 is 1.16 bits per heavy atom. The van der Waals surface area contributed by atoms with E-state index in [1.54, 1.807) is 31.2 Å². The maximum atomic E-state index is 12.4. The predicted octanol–water partition coefficient (Wildman–Crippen LogP) is 2.36. The minimum absolute atomic E-state index is 0.116. The first kappa shape index (κ1) is 19.1. The van der Waals surface area contributed by atoms with Crippen LogP contribution in [0.5, 0.6) is 0 Å². The van der Waals surface area contributed by atoms with E-state index >= 15 is 0 Å².